The molecule has 1 aliphatic carbocycles. The zero-order chi connectivity index (χ0) is 23.5. The van der Waals surface area contributed by atoms with Gasteiger partial charge in [0.15, 0.2) is 5.78 Å². The second-order valence-corrected chi connectivity index (χ2v) is 10.3. The number of rotatable bonds is 7. The normalized spacial score (nSPS) is 19.9. The Hall–Kier alpha value is -2.54. The topological polar surface area (TPSA) is 81.7 Å². The first kappa shape index (κ1) is 24.1. The maximum atomic E-state index is 13.3. The Kier molecular flexibility index (Phi) is 7.49. The zero-order valence-corrected chi connectivity index (χ0v) is 20.2. The Morgan fingerprint density at radius 2 is 1.84 bits per heavy atom. The van der Waals surface area contributed by atoms with Crippen molar-refractivity contribution >= 4 is 29.5 Å². The molecule has 0 spiro atoms. The maximum Gasteiger partial charge on any atom is 0.337 e. The summed E-state index contributed by atoms with van der Waals surface area (Å²) < 4.78 is 10.4. The highest BCUT2D eigenvalue weighted by Crippen LogP contribution is 2.46. The second kappa shape index (κ2) is 9.94. The Labute approximate surface area is 193 Å². The van der Waals surface area contributed by atoms with Crippen LogP contribution in [0.1, 0.15) is 62.4 Å². The van der Waals surface area contributed by atoms with Gasteiger partial charge in [0.1, 0.15) is 6.61 Å². The van der Waals surface area contributed by atoms with Gasteiger partial charge >= 0.3 is 11.9 Å². The summed E-state index contributed by atoms with van der Waals surface area (Å²) in [5.74, 6) is 0.325. The van der Waals surface area contributed by atoms with Gasteiger partial charge in [-0.25, -0.2) is 9.59 Å². The van der Waals surface area contributed by atoms with Crippen molar-refractivity contribution < 1.29 is 23.9 Å². The molecule has 0 saturated carbocycles. The molecule has 0 amide bonds. The third-order valence-corrected chi connectivity index (χ3v) is 6.65. The molecular weight excluding hydrogens is 426 g/mol. The summed E-state index contributed by atoms with van der Waals surface area (Å²) in [6.07, 6.45) is 1.14. The molecule has 1 atom stereocenters. The van der Waals surface area contributed by atoms with E-state index in [2.05, 4.69) is 26.1 Å². The van der Waals surface area contributed by atoms with Gasteiger partial charge in [-0.05, 0) is 42.2 Å². The Morgan fingerprint density at radius 3 is 2.47 bits per heavy atom. The summed E-state index contributed by atoms with van der Waals surface area (Å²) in [5.41, 5.74) is 3.66. The van der Waals surface area contributed by atoms with Crippen LogP contribution in [0, 0.1) is 5.41 Å². The lowest BCUT2D eigenvalue weighted by molar-refractivity contribution is -0.138. The maximum absolute atomic E-state index is 13.3. The van der Waals surface area contributed by atoms with Crippen LogP contribution >= 0.6 is 11.8 Å². The van der Waals surface area contributed by atoms with Crippen LogP contribution in [-0.4, -0.2) is 42.9 Å². The van der Waals surface area contributed by atoms with Crippen LogP contribution in [0.5, 0.6) is 0 Å². The zero-order valence-electron chi connectivity index (χ0n) is 19.4. The van der Waals surface area contributed by atoms with Crippen LogP contribution in [0.3, 0.4) is 0 Å². The number of benzene rings is 1. The van der Waals surface area contributed by atoms with E-state index in [-0.39, 0.29) is 11.2 Å². The molecule has 1 aliphatic heterocycles. The third-order valence-electron chi connectivity index (χ3n) is 5.79. The van der Waals surface area contributed by atoms with Crippen LogP contribution < -0.4 is 5.32 Å². The van der Waals surface area contributed by atoms with Crippen LogP contribution in [-0.2, 0) is 19.1 Å². The van der Waals surface area contributed by atoms with Crippen molar-refractivity contribution in [1.29, 1.82) is 0 Å². The number of thioether (sulfide) groups is 1. The number of nitrogens with one attached hydrogen (secondary N) is 1. The number of hydrogen-bond donors (Lipinski definition) is 1. The first-order chi connectivity index (χ1) is 15.2. The fraction of sp³-hybridized carbons (Fsp3) is 0.480. The Morgan fingerprint density at radius 1 is 1.16 bits per heavy atom. The van der Waals surface area contributed by atoms with E-state index in [4.69, 9.17) is 9.47 Å². The minimum Gasteiger partial charge on any atom is -0.465 e. The van der Waals surface area contributed by atoms with E-state index in [0.717, 1.165) is 29.2 Å². The standard InChI is InChI=1S/C25H31NO5S/c1-6-32-12-11-31-24(29)20-15(2)26-18-13-25(3,4)14-19(27)22(18)21(20)16-7-9-17(10-8-16)23(28)30-5/h7-10,21,26H,6,11-14H2,1-5H3. The van der Waals surface area contributed by atoms with Crippen molar-refractivity contribution in [2.75, 3.05) is 25.2 Å². The highest BCUT2D eigenvalue weighted by atomic mass is 32.2. The Balaban J connectivity index is 2.03. The van der Waals surface area contributed by atoms with Gasteiger partial charge in [-0.1, -0.05) is 32.9 Å². The van der Waals surface area contributed by atoms with Crippen LogP contribution in [0.15, 0.2) is 46.8 Å². The lowest BCUT2D eigenvalue weighted by atomic mass is 9.68. The van der Waals surface area contributed by atoms with Crippen molar-refractivity contribution in [2.45, 2.75) is 46.5 Å². The quantitative estimate of drug-likeness (QED) is 0.481. The second-order valence-electron chi connectivity index (χ2n) is 8.88. The molecule has 0 saturated heterocycles. The van der Waals surface area contributed by atoms with Gasteiger partial charge in [-0.2, -0.15) is 11.8 Å². The van der Waals surface area contributed by atoms with E-state index in [0.29, 0.717) is 35.4 Å². The molecule has 0 aromatic heterocycles. The molecule has 3 rings (SSSR count). The number of hydrogen-bond acceptors (Lipinski definition) is 7. The molecule has 172 valence electrons. The van der Waals surface area contributed by atoms with Crippen LogP contribution in [0.4, 0.5) is 0 Å². The Bertz CT molecular complexity index is 975. The lowest BCUT2D eigenvalue weighted by Crippen LogP contribution is -2.38. The molecule has 0 bridgehead atoms. The minimum absolute atomic E-state index is 0.0325. The monoisotopic (exact) mass is 457 g/mol. The van der Waals surface area contributed by atoms with Gasteiger partial charge in [0, 0.05) is 35.1 Å². The predicted molar refractivity (Wildman–Crippen MR) is 125 cm³/mol. The minimum atomic E-state index is -0.534. The van der Waals surface area contributed by atoms with Gasteiger partial charge < -0.3 is 14.8 Å². The molecule has 6 nitrogen and oxygen atoms in total. The molecule has 0 fully saturated rings. The number of methoxy groups -OCH3 is 1. The van der Waals surface area contributed by atoms with Gasteiger partial charge in [0.05, 0.1) is 18.2 Å². The molecule has 1 aromatic rings. The summed E-state index contributed by atoms with van der Waals surface area (Å²) in [6.45, 7) is 8.37. The molecule has 2 aliphatic rings. The van der Waals surface area contributed by atoms with E-state index >= 15 is 0 Å². The smallest absolute Gasteiger partial charge is 0.337 e. The van der Waals surface area contributed by atoms with Crippen LogP contribution in [0.2, 0.25) is 0 Å². The molecule has 7 heteroatoms. The van der Waals surface area contributed by atoms with E-state index in [1.165, 1.54) is 7.11 Å². The number of carbonyl (C=O) groups excluding carboxylic acids is 3. The SMILES string of the molecule is CCSCCOC(=O)C1=C(C)NC2=C(C(=O)CC(C)(C)C2)C1c1ccc(C(=O)OC)cc1. The van der Waals surface area contributed by atoms with Crippen molar-refractivity contribution in [3.05, 3.63) is 57.9 Å². The number of ketones is 1. The molecular formula is C25H31NO5S. The van der Waals surface area contributed by atoms with Crippen molar-refractivity contribution in [3.8, 4) is 0 Å². The number of carbonyl (C=O) groups is 3. The third kappa shape index (κ3) is 5.09. The molecule has 1 aromatic carbocycles. The highest BCUT2D eigenvalue weighted by Gasteiger charge is 2.43. The lowest BCUT2D eigenvalue weighted by Gasteiger charge is -2.39. The first-order valence-electron chi connectivity index (χ1n) is 10.9. The van der Waals surface area contributed by atoms with Crippen LogP contribution in [0.25, 0.3) is 0 Å². The summed E-state index contributed by atoms with van der Waals surface area (Å²) in [7, 11) is 1.33. The summed E-state index contributed by atoms with van der Waals surface area (Å²) in [4.78, 5) is 38.3. The number of esters is 2. The summed E-state index contributed by atoms with van der Waals surface area (Å²) in [5, 5.41) is 3.33. The fourth-order valence-corrected chi connectivity index (χ4v) is 4.87. The van der Waals surface area contributed by atoms with Gasteiger partial charge in [-0.15, -0.1) is 0 Å². The van der Waals surface area contributed by atoms with Gasteiger partial charge in [0.2, 0.25) is 0 Å². The fourth-order valence-electron chi connectivity index (χ4n) is 4.38. The van der Waals surface area contributed by atoms with E-state index in [1.54, 1.807) is 36.0 Å². The summed E-state index contributed by atoms with van der Waals surface area (Å²) >= 11 is 1.70. The van der Waals surface area contributed by atoms with Crippen molar-refractivity contribution in [2.24, 2.45) is 5.41 Å². The average Bonchev–Trinajstić information content (AvgIpc) is 2.74. The van der Waals surface area contributed by atoms with E-state index in [9.17, 15) is 14.4 Å². The number of dihydropyridines is 1. The first-order valence-corrected chi connectivity index (χ1v) is 12.0. The number of ether oxygens (including phenoxy) is 2. The number of allylic oxidation sites excluding steroid dienone is 3. The molecule has 1 N–H and O–H groups in total. The van der Waals surface area contributed by atoms with Crippen molar-refractivity contribution in [1.82, 2.24) is 5.32 Å². The van der Waals surface area contributed by atoms with E-state index < -0.39 is 17.9 Å². The molecule has 1 unspecified atom stereocenters. The largest absolute Gasteiger partial charge is 0.465 e. The molecule has 32 heavy (non-hydrogen) atoms. The predicted octanol–water partition coefficient (Wildman–Crippen LogP) is 4.37. The summed E-state index contributed by atoms with van der Waals surface area (Å²) in [6, 6.07) is 6.90. The molecule has 1 heterocycles. The van der Waals surface area contributed by atoms with Gasteiger partial charge in [0.25, 0.3) is 0 Å². The average molecular weight is 458 g/mol. The molecule has 0 radical (unpaired) electrons. The van der Waals surface area contributed by atoms with Crippen molar-refractivity contribution in [3.63, 3.8) is 0 Å². The van der Waals surface area contributed by atoms with E-state index in [1.807, 2.05) is 6.92 Å². The highest BCUT2D eigenvalue weighted by molar-refractivity contribution is 7.99. The van der Waals surface area contributed by atoms with Gasteiger partial charge in [-0.3, -0.25) is 4.79 Å². The number of Topliss-reactive ketones (excluding diaryl/α,β-unsaturated/α-hetero) is 1.